The lowest BCUT2D eigenvalue weighted by atomic mass is 10.2. The Balaban J connectivity index is 1.85. The molecule has 3 heteroatoms. The fourth-order valence-electron chi connectivity index (χ4n) is 1.74. The fourth-order valence-corrected chi connectivity index (χ4v) is 2.63. The van der Waals surface area contributed by atoms with Crippen LogP contribution in [0.4, 0.5) is 0 Å². The highest BCUT2D eigenvalue weighted by atomic mass is 32.1. The topological polar surface area (TPSA) is 35.2 Å². The van der Waals surface area contributed by atoms with E-state index in [4.69, 9.17) is 10.5 Å². The van der Waals surface area contributed by atoms with E-state index in [1.54, 1.807) is 11.3 Å². The summed E-state index contributed by atoms with van der Waals surface area (Å²) < 4.78 is 5.80. The molecule has 88 valence electrons. The van der Waals surface area contributed by atoms with Gasteiger partial charge in [-0.15, -0.1) is 11.3 Å². The SMILES string of the molecule is NCc1ccc(-c2cccc(OC3CC3)c2)s1. The molecule has 0 aliphatic heterocycles. The zero-order valence-electron chi connectivity index (χ0n) is 9.56. The van der Waals surface area contributed by atoms with Gasteiger partial charge in [-0.2, -0.15) is 0 Å². The Hall–Kier alpha value is -1.32. The normalized spacial score (nSPS) is 14.9. The van der Waals surface area contributed by atoms with E-state index in [-0.39, 0.29) is 0 Å². The van der Waals surface area contributed by atoms with Crippen LogP contribution in [0.3, 0.4) is 0 Å². The Morgan fingerprint density at radius 2 is 2.12 bits per heavy atom. The molecule has 0 spiro atoms. The van der Waals surface area contributed by atoms with E-state index in [0.29, 0.717) is 12.6 Å². The van der Waals surface area contributed by atoms with Crippen molar-refractivity contribution >= 4 is 11.3 Å². The number of ether oxygens (including phenoxy) is 1. The smallest absolute Gasteiger partial charge is 0.120 e. The summed E-state index contributed by atoms with van der Waals surface area (Å²) in [5.74, 6) is 0.979. The molecule has 0 bridgehead atoms. The molecule has 1 aromatic carbocycles. The van der Waals surface area contributed by atoms with E-state index in [1.807, 2.05) is 6.07 Å². The minimum atomic E-state index is 0.452. The molecule has 1 aromatic heterocycles. The lowest BCUT2D eigenvalue weighted by Gasteiger charge is -2.05. The quantitative estimate of drug-likeness (QED) is 0.895. The Kier molecular flexibility index (Phi) is 2.87. The van der Waals surface area contributed by atoms with E-state index < -0.39 is 0 Å². The summed E-state index contributed by atoms with van der Waals surface area (Å²) in [6.45, 7) is 0.614. The van der Waals surface area contributed by atoms with Gasteiger partial charge in [0.15, 0.2) is 0 Å². The number of hydrogen-bond acceptors (Lipinski definition) is 3. The fraction of sp³-hybridized carbons (Fsp3) is 0.286. The van der Waals surface area contributed by atoms with Crippen LogP contribution in [0.25, 0.3) is 10.4 Å². The van der Waals surface area contributed by atoms with Gasteiger partial charge in [-0.1, -0.05) is 12.1 Å². The van der Waals surface area contributed by atoms with Crippen molar-refractivity contribution in [2.45, 2.75) is 25.5 Å². The summed E-state index contributed by atoms with van der Waals surface area (Å²) in [4.78, 5) is 2.47. The van der Waals surface area contributed by atoms with Gasteiger partial charge in [0.2, 0.25) is 0 Å². The Bertz CT molecular complexity index is 516. The van der Waals surface area contributed by atoms with Gasteiger partial charge < -0.3 is 10.5 Å². The van der Waals surface area contributed by atoms with Crippen LogP contribution in [-0.2, 0) is 6.54 Å². The molecule has 2 N–H and O–H groups in total. The molecule has 0 saturated heterocycles. The minimum absolute atomic E-state index is 0.452. The van der Waals surface area contributed by atoms with E-state index in [9.17, 15) is 0 Å². The van der Waals surface area contributed by atoms with Crippen molar-refractivity contribution in [3.8, 4) is 16.2 Å². The maximum atomic E-state index is 5.80. The molecule has 1 heterocycles. The zero-order chi connectivity index (χ0) is 11.7. The van der Waals surface area contributed by atoms with Crippen molar-refractivity contribution in [2.75, 3.05) is 0 Å². The Morgan fingerprint density at radius 3 is 2.82 bits per heavy atom. The van der Waals surface area contributed by atoms with Crippen LogP contribution in [0, 0.1) is 0 Å². The number of benzene rings is 1. The van der Waals surface area contributed by atoms with Crippen molar-refractivity contribution in [3.05, 3.63) is 41.3 Å². The summed E-state index contributed by atoms with van der Waals surface area (Å²) in [5, 5.41) is 0. The van der Waals surface area contributed by atoms with Crippen LogP contribution < -0.4 is 10.5 Å². The van der Waals surface area contributed by atoms with E-state index in [0.717, 1.165) is 5.75 Å². The van der Waals surface area contributed by atoms with Crippen molar-refractivity contribution in [1.29, 1.82) is 0 Å². The maximum Gasteiger partial charge on any atom is 0.120 e. The second kappa shape index (κ2) is 4.51. The summed E-state index contributed by atoms with van der Waals surface area (Å²) >= 11 is 1.75. The lowest BCUT2D eigenvalue weighted by molar-refractivity contribution is 0.303. The van der Waals surface area contributed by atoms with Gasteiger partial charge in [-0.25, -0.2) is 0 Å². The van der Waals surface area contributed by atoms with Crippen LogP contribution in [0.5, 0.6) is 5.75 Å². The lowest BCUT2D eigenvalue weighted by Crippen LogP contribution is -1.95. The van der Waals surface area contributed by atoms with Gasteiger partial charge in [0.1, 0.15) is 5.75 Å². The van der Waals surface area contributed by atoms with Crippen LogP contribution in [-0.4, -0.2) is 6.10 Å². The number of rotatable bonds is 4. The van der Waals surface area contributed by atoms with Crippen LogP contribution in [0.2, 0.25) is 0 Å². The molecule has 1 saturated carbocycles. The standard InChI is InChI=1S/C14H15NOS/c15-9-13-6-7-14(17-13)10-2-1-3-12(8-10)16-11-4-5-11/h1-3,6-8,11H,4-5,9,15H2. The van der Waals surface area contributed by atoms with Gasteiger partial charge in [0, 0.05) is 16.3 Å². The highest BCUT2D eigenvalue weighted by Crippen LogP contribution is 2.32. The van der Waals surface area contributed by atoms with Gasteiger partial charge in [-0.3, -0.25) is 0 Å². The van der Waals surface area contributed by atoms with Crippen LogP contribution in [0.1, 0.15) is 17.7 Å². The van der Waals surface area contributed by atoms with Gasteiger partial charge in [0.25, 0.3) is 0 Å². The predicted octanol–water partition coefficient (Wildman–Crippen LogP) is 3.42. The third-order valence-corrected chi connectivity index (χ3v) is 3.97. The molecule has 0 amide bonds. The molecule has 3 rings (SSSR count). The molecule has 17 heavy (non-hydrogen) atoms. The van der Waals surface area contributed by atoms with E-state index >= 15 is 0 Å². The summed E-state index contributed by atoms with van der Waals surface area (Å²) in [7, 11) is 0. The molecule has 2 aromatic rings. The first-order valence-electron chi connectivity index (χ1n) is 5.91. The van der Waals surface area contributed by atoms with Gasteiger partial charge >= 0.3 is 0 Å². The monoisotopic (exact) mass is 245 g/mol. The number of nitrogens with two attached hydrogens (primary N) is 1. The Labute approximate surface area is 105 Å². The van der Waals surface area contributed by atoms with E-state index in [1.165, 1.54) is 28.2 Å². The molecular formula is C14H15NOS. The largest absolute Gasteiger partial charge is 0.490 e. The first-order valence-corrected chi connectivity index (χ1v) is 6.72. The molecular weight excluding hydrogens is 230 g/mol. The van der Waals surface area contributed by atoms with Gasteiger partial charge in [-0.05, 0) is 42.7 Å². The number of hydrogen-bond donors (Lipinski definition) is 1. The van der Waals surface area contributed by atoms with Crippen molar-refractivity contribution in [1.82, 2.24) is 0 Å². The van der Waals surface area contributed by atoms with Crippen molar-refractivity contribution in [3.63, 3.8) is 0 Å². The number of thiophene rings is 1. The highest BCUT2D eigenvalue weighted by molar-refractivity contribution is 7.15. The molecule has 0 unspecified atom stereocenters. The third-order valence-electron chi connectivity index (χ3n) is 2.81. The van der Waals surface area contributed by atoms with Crippen molar-refractivity contribution < 1.29 is 4.74 Å². The second-order valence-corrected chi connectivity index (χ2v) is 5.48. The highest BCUT2D eigenvalue weighted by Gasteiger charge is 2.23. The molecule has 0 radical (unpaired) electrons. The molecule has 2 nitrogen and oxygen atoms in total. The van der Waals surface area contributed by atoms with E-state index in [2.05, 4.69) is 30.3 Å². The molecule has 1 aliphatic rings. The second-order valence-electron chi connectivity index (χ2n) is 4.32. The Morgan fingerprint density at radius 1 is 1.24 bits per heavy atom. The summed E-state index contributed by atoms with van der Waals surface area (Å²) in [6, 6.07) is 12.5. The molecule has 1 fully saturated rings. The summed E-state index contributed by atoms with van der Waals surface area (Å²) in [6.07, 6.45) is 2.84. The average molecular weight is 245 g/mol. The predicted molar refractivity (Wildman–Crippen MR) is 71.3 cm³/mol. The average Bonchev–Trinajstić information content (AvgIpc) is 3.04. The van der Waals surface area contributed by atoms with Crippen LogP contribution in [0.15, 0.2) is 36.4 Å². The summed E-state index contributed by atoms with van der Waals surface area (Å²) in [5.41, 5.74) is 6.85. The molecule has 1 aliphatic carbocycles. The minimum Gasteiger partial charge on any atom is -0.490 e. The first-order chi connectivity index (χ1) is 8.35. The van der Waals surface area contributed by atoms with Gasteiger partial charge in [0.05, 0.1) is 6.10 Å². The van der Waals surface area contributed by atoms with Crippen molar-refractivity contribution in [2.24, 2.45) is 5.73 Å². The van der Waals surface area contributed by atoms with Crippen LogP contribution >= 0.6 is 11.3 Å². The third kappa shape index (κ3) is 2.51. The zero-order valence-corrected chi connectivity index (χ0v) is 10.4. The first kappa shape index (κ1) is 10.8. The molecule has 0 atom stereocenters. The maximum absolute atomic E-state index is 5.80.